The standard InChI is InChI=1S/C21H24N2O2/c24-20(15-21(25)19-7-4-11-22-16-19)18-9-13-23(14-10-18)12-8-17-5-2-1-3-6-17/h1-7,11,15-16,18,25H,8-10,12-14H2. The highest BCUT2D eigenvalue weighted by atomic mass is 16.3. The van der Waals surface area contributed by atoms with Crippen molar-refractivity contribution in [3.05, 3.63) is 72.1 Å². The number of aromatic nitrogens is 1. The van der Waals surface area contributed by atoms with Gasteiger partial charge in [0, 0.05) is 36.5 Å². The highest BCUT2D eigenvalue weighted by Gasteiger charge is 2.24. The largest absolute Gasteiger partial charge is 0.507 e. The van der Waals surface area contributed by atoms with Crippen molar-refractivity contribution < 1.29 is 9.90 Å². The van der Waals surface area contributed by atoms with Crippen molar-refractivity contribution in [3.63, 3.8) is 0 Å². The van der Waals surface area contributed by atoms with E-state index in [4.69, 9.17) is 0 Å². The highest BCUT2D eigenvalue weighted by molar-refractivity contribution is 5.96. The minimum absolute atomic E-state index is 0.00427. The van der Waals surface area contributed by atoms with Gasteiger partial charge in [-0.25, -0.2) is 0 Å². The second kappa shape index (κ2) is 8.58. The lowest BCUT2D eigenvalue weighted by molar-refractivity contribution is -0.119. The van der Waals surface area contributed by atoms with Crippen LogP contribution in [0.15, 0.2) is 60.9 Å². The SMILES string of the molecule is O=C(C=C(O)c1cccnc1)C1CCN(CCc2ccccc2)CC1. The molecule has 0 spiro atoms. The molecule has 0 unspecified atom stereocenters. The summed E-state index contributed by atoms with van der Waals surface area (Å²) in [7, 11) is 0. The van der Waals surface area contributed by atoms with Crippen molar-refractivity contribution in [1.82, 2.24) is 9.88 Å². The Morgan fingerprint density at radius 1 is 1.16 bits per heavy atom. The van der Waals surface area contributed by atoms with Gasteiger partial charge in [0.15, 0.2) is 5.78 Å². The van der Waals surface area contributed by atoms with E-state index < -0.39 is 0 Å². The molecular weight excluding hydrogens is 312 g/mol. The lowest BCUT2D eigenvalue weighted by atomic mass is 9.91. The number of hydrogen-bond acceptors (Lipinski definition) is 4. The van der Waals surface area contributed by atoms with E-state index in [9.17, 15) is 9.90 Å². The smallest absolute Gasteiger partial charge is 0.162 e. The van der Waals surface area contributed by atoms with Crippen LogP contribution in [-0.2, 0) is 11.2 Å². The topological polar surface area (TPSA) is 53.4 Å². The number of rotatable bonds is 6. The molecule has 0 bridgehead atoms. The van der Waals surface area contributed by atoms with Crippen LogP contribution in [0.2, 0.25) is 0 Å². The van der Waals surface area contributed by atoms with Gasteiger partial charge in [0.2, 0.25) is 0 Å². The Balaban J connectivity index is 1.47. The molecule has 0 saturated carbocycles. The van der Waals surface area contributed by atoms with Crippen LogP contribution in [0.3, 0.4) is 0 Å². The zero-order chi connectivity index (χ0) is 17.5. The fourth-order valence-corrected chi connectivity index (χ4v) is 3.22. The van der Waals surface area contributed by atoms with E-state index in [2.05, 4.69) is 34.1 Å². The number of hydrogen-bond donors (Lipinski definition) is 1. The number of piperidine rings is 1. The van der Waals surface area contributed by atoms with Crippen molar-refractivity contribution >= 4 is 11.5 Å². The molecule has 1 N–H and O–H groups in total. The van der Waals surface area contributed by atoms with Crippen molar-refractivity contribution in [2.75, 3.05) is 19.6 Å². The molecule has 4 nitrogen and oxygen atoms in total. The summed E-state index contributed by atoms with van der Waals surface area (Å²) in [6.45, 7) is 2.90. The number of carbonyl (C=O) groups is 1. The molecule has 0 atom stereocenters. The van der Waals surface area contributed by atoms with Crippen molar-refractivity contribution in [2.45, 2.75) is 19.3 Å². The van der Waals surface area contributed by atoms with Crippen LogP contribution >= 0.6 is 0 Å². The Morgan fingerprint density at radius 3 is 2.60 bits per heavy atom. The maximum atomic E-state index is 12.4. The summed E-state index contributed by atoms with van der Waals surface area (Å²) in [5.41, 5.74) is 1.93. The van der Waals surface area contributed by atoms with Crippen molar-refractivity contribution in [1.29, 1.82) is 0 Å². The molecule has 1 aromatic carbocycles. The number of benzene rings is 1. The predicted octanol–water partition coefficient (Wildman–Crippen LogP) is 3.50. The third-order valence-corrected chi connectivity index (χ3v) is 4.79. The van der Waals surface area contributed by atoms with Gasteiger partial charge in [-0.05, 0) is 50.0 Å². The first-order valence-corrected chi connectivity index (χ1v) is 8.83. The van der Waals surface area contributed by atoms with E-state index in [1.54, 1.807) is 24.5 Å². The molecule has 2 heterocycles. The summed E-state index contributed by atoms with van der Waals surface area (Å²) in [5, 5.41) is 10.1. The number of ketones is 1. The van der Waals surface area contributed by atoms with Crippen molar-refractivity contribution in [2.24, 2.45) is 5.92 Å². The van der Waals surface area contributed by atoms with E-state index in [-0.39, 0.29) is 17.5 Å². The lowest BCUT2D eigenvalue weighted by Gasteiger charge is -2.30. The predicted molar refractivity (Wildman–Crippen MR) is 99.2 cm³/mol. The van der Waals surface area contributed by atoms with Gasteiger partial charge in [-0.3, -0.25) is 9.78 Å². The van der Waals surface area contributed by atoms with Crippen LogP contribution in [0.25, 0.3) is 5.76 Å². The monoisotopic (exact) mass is 336 g/mol. The lowest BCUT2D eigenvalue weighted by Crippen LogP contribution is -2.37. The van der Waals surface area contributed by atoms with Crippen LogP contribution < -0.4 is 0 Å². The molecule has 0 radical (unpaired) electrons. The zero-order valence-electron chi connectivity index (χ0n) is 14.3. The molecule has 2 aromatic rings. The Hall–Kier alpha value is -2.46. The molecule has 1 fully saturated rings. The first kappa shape index (κ1) is 17.4. The van der Waals surface area contributed by atoms with Gasteiger partial charge >= 0.3 is 0 Å². The number of nitrogens with zero attached hydrogens (tertiary/aromatic N) is 2. The second-order valence-corrected chi connectivity index (χ2v) is 6.53. The summed E-state index contributed by atoms with van der Waals surface area (Å²) < 4.78 is 0. The van der Waals surface area contributed by atoms with Crippen LogP contribution in [0.1, 0.15) is 24.0 Å². The number of likely N-dealkylation sites (tertiary alicyclic amines) is 1. The summed E-state index contributed by atoms with van der Waals surface area (Å²) in [5.74, 6) is 0.0282. The van der Waals surface area contributed by atoms with Crippen LogP contribution in [0, 0.1) is 5.92 Å². The first-order valence-electron chi connectivity index (χ1n) is 8.83. The van der Waals surface area contributed by atoms with Gasteiger partial charge in [0.25, 0.3) is 0 Å². The maximum absolute atomic E-state index is 12.4. The molecule has 25 heavy (non-hydrogen) atoms. The molecule has 1 aromatic heterocycles. The van der Waals surface area contributed by atoms with E-state index >= 15 is 0 Å². The van der Waals surface area contributed by atoms with E-state index in [0.29, 0.717) is 5.56 Å². The van der Waals surface area contributed by atoms with E-state index in [1.807, 2.05) is 6.07 Å². The third-order valence-electron chi connectivity index (χ3n) is 4.79. The van der Waals surface area contributed by atoms with E-state index in [0.717, 1.165) is 38.9 Å². The molecule has 1 aliphatic heterocycles. The average molecular weight is 336 g/mol. The average Bonchev–Trinajstić information content (AvgIpc) is 2.68. The van der Waals surface area contributed by atoms with Gasteiger partial charge in [-0.1, -0.05) is 30.3 Å². The minimum Gasteiger partial charge on any atom is -0.507 e. The zero-order valence-corrected chi connectivity index (χ0v) is 14.3. The summed E-state index contributed by atoms with van der Waals surface area (Å²) >= 11 is 0. The van der Waals surface area contributed by atoms with Gasteiger partial charge in [-0.15, -0.1) is 0 Å². The summed E-state index contributed by atoms with van der Waals surface area (Å²) in [4.78, 5) is 18.8. The number of pyridine rings is 1. The third kappa shape index (κ3) is 5.00. The Morgan fingerprint density at radius 2 is 1.92 bits per heavy atom. The number of allylic oxidation sites excluding steroid dienone is 1. The number of aliphatic hydroxyl groups excluding tert-OH is 1. The minimum atomic E-state index is 0.00427. The van der Waals surface area contributed by atoms with Crippen LogP contribution in [0.4, 0.5) is 0 Å². The molecule has 130 valence electrons. The fraction of sp³-hybridized carbons (Fsp3) is 0.333. The summed E-state index contributed by atoms with van der Waals surface area (Å²) in [6, 6.07) is 14.0. The molecule has 1 saturated heterocycles. The molecule has 1 aliphatic rings. The molecular formula is C21H24N2O2. The van der Waals surface area contributed by atoms with Gasteiger partial charge in [-0.2, -0.15) is 0 Å². The quantitative estimate of drug-likeness (QED) is 0.648. The van der Waals surface area contributed by atoms with Crippen LogP contribution in [0.5, 0.6) is 0 Å². The Kier molecular flexibility index (Phi) is 5.96. The Bertz CT molecular complexity index is 705. The van der Waals surface area contributed by atoms with E-state index in [1.165, 1.54) is 11.6 Å². The number of aliphatic hydroxyl groups is 1. The normalized spacial score (nSPS) is 16.7. The maximum Gasteiger partial charge on any atom is 0.162 e. The van der Waals surface area contributed by atoms with Gasteiger partial charge in [0.05, 0.1) is 0 Å². The van der Waals surface area contributed by atoms with Gasteiger partial charge < -0.3 is 10.0 Å². The van der Waals surface area contributed by atoms with Crippen LogP contribution in [-0.4, -0.2) is 40.4 Å². The highest BCUT2D eigenvalue weighted by Crippen LogP contribution is 2.20. The molecule has 4 heteroatoms. The molecule has 0 aliphatic carbocycles. The Labute approximate surface area is 148 Å². The van der Waals surface area contributed by atoms with Gasteiger partial charge in [0.1, 0.15) is 5.76 Å². The molecule has 3 rings (SSSR count). The second-order valence-electron chi connectivity index (χ2n) is 6.53. The number of carbonyl (C=O) groups excluding carboxylic acids is 1. The fourth-order valence-electron chi connectivity index (χ4n) is 3.22. The molecule has 0 amide bonds. The van der Waals surface area contributed by atoms with Crippen molar-refractivity contribution in [3.8, 4) is 0 Å². The summed E-state index contributed by atoms with van der Waals surface area (Å²) in [6.07, 6.45) is 7.31. The first-order chi connectivity index (χ1) is 12.2.